The van der Waals surface area contributed by atoms with Crippen molar-refractivity contribution in [3.05, 3.63) is 35.4 Å². The molecule has 3 saturated heterocycles. The van der Waals surface area contributed by atoms with Gasteiger partial charge in [-0.25, -0.2) is 0 Å². The van der Waals surface area contributed by atoms with Gasteiger partial charge in [0.25, 0.3) is 5.91 Å². The number of rotatable bonds is 6. The fourth-order valence-corrected chi connectivity index (χ4v) is 6.06. The topological polar surface area (TPSA) is 99.2 Å². The molecule has 1 saturated carbocycles. The minimum Gasteiger partial charge on any atom is -0.388 e. The van der Waals surface area contributed by atoms with Crippen LogP contribution >= 0.6 is 0 Å². The number of hydrogen-bond donors (Lipinski definition) is 2. The van der Waals surface area contributed by atoms with Gasteiger partial charge < -0.3 is 25.0 Å². The summed E-state index contributed by atoms with van der Waals surface area (Å²) in [5.74, 6) is -0.335. The maximum Gasteiger partial charge on any atom is 0.251 e. The number of fused-ring (bicyclic) bond motifs is 1. The highest BCUT2D eigenvalue weighted by Gasteiger charge is 2.53. The van der Waals surface area contributed by atoms with Crippen LogP contribution in [0, 0.1) is 5.41 Å². The fraction of sp³-hybridized carbons (Fsp3) is 0.679. The molecule has 4 aliphatic rings. The van der Waals surface area contributed by atoms with Crippen LogP contribution in [0.2, 0.25) is 0 Å². The molecule has 0 aromatic heterocycles. The van der Waals surface area contributed by atoms with Gasteiger partial charge in [-0.3, -0.25) is 14.4 Å². The first kappa shape index (κ1) is 25.4. The molecule has 4 fully saturated rings. The molecule has 5 rings (SSSR count). The summed E-state index contributed by atoms with van der Waals surface area (Å²) in [6.45, 7) is 8.25. The summed E-state index contributed by atoms with van der Waals surface area (Å²) < 4.78 is 5.41. The molecule has 2 N–H and O–H groups in total. The van der Waals surface area contributed by atoms with Crippen molar-refractivity contribution in [3.63, 3.8) is 0 Å². The molecule has 196 valence electrons. The number of Topliss-reactive ketones (excluding diaryl/α,β-unsaturated/α-hetero) is 1. The molecule has 8 heteroatoms. The second kappa shape index (κ2) is 9.88. The van der Waals surface area contributed by atoms with Crippen LogP contribution in [0.3, 0.4) is 0 Å². The summed E-state index contributed by atoms with van der Waals surface area (Å²) in [7, 11) is 0. The van der Waals surface area contributed by atoms with Crippen LogP contribution in [0.15, 0.2) is 24.3 Å². The number of nitrogens with zero attached hydrogens (tertiary/aromatic N) is 2. The molecule has 1 aliphatic carbocycles. The van der Waals surface area contributed by atoms with E-state index in [0.717, 1.165) is 32.0 Å². The average molecular weight is 498 g/mol. The van der Waals surface area contributed by atoms with E-state index >= 15 is 0 Å². The molecule has 0 bridgehead atoms. The first-order chi connectivity index (χ1) is 17.1. The van der Waals surface area contributed by atoms with Gasteiger partial charge >= 0.3 is 0 Å². The SMILES string of the molecule is CC(C)(C)C[C@H](NC(=O)c1ccc(C2CCN(C3CC3)CC2)cc1)C(=O)N1C[C@H](O)[C@H]2OCC(=O)[C@H]21. The zero-order chi connectivity index (χ0) is 25.6. The molecule has 0 radical (unpaired) electrons. The predicted molar refractivity (Wildman–Crippen MR) is 135 cm³/mol. The van der Waals surface area contributed by atoms with Crippen LogP contribution in [-0.4, -0.2) is 89.1 Å². The molecule has 8 nitrogen and oxygen atoms in total. The second-order valence-electron chi connectivity index (χ2n) is 12.2. The van der Waals surface area contributed by atoms with Crippen molar-refractivity contribution < 1.29 is 24.2 Å². The lowest BCUT2D eigenvalue weighted by Crippen LogP contribution is -2.53. The van der Waals surface area contributed by atoms with E-state index < -0.39 is 24.3 Å². The smallest absolute Gasteiger partial charge is 0.251 e. The number of aliphatic hydroxyl groups excluding tert-OH is 1. The van der Waals surface area contributed by atoms with Crippen molar-refractivity contribution >= 4 is 17.6 Å². The number of piperidine rings is 1. The normalized spacial score (nSPS) is 28.3. The largest absolute Gasteiger partial charge is 0.388 e. The van der Waals surface area contributed by atoms with E-state index in [4.69, 9.17) is 4.74 Å². The van der Waals surface area contributed by atoms with E-state index in [1.807, 2.05) is 45.0 Å². The number of likely N-dealkylation sites (tertiary alicyclic amines) is 2. The van der Waals surface area contributed by atoms with Gasteiger partial charge in [-0.05, 0) is 74.2 Å². The van der Waals surface area contributed by atoms with Gasteiger partial charge in [-0.2, -0.15) is 0 Å². The Morgan fingerprint density at radius 2 is 1.78 bits per heavy atom. The molecule has 0 spiro atoms. The van der Waals surface area contributed by atoms with E-state index in [1.54, 1.807) is 0 Å². The zero-order valence-electron chi connectivity index (χ0n) is 21.6. The maximum absolute atomic E-state index is 13.6. The van der Waals surface area contributed by atoms with Crippen molar-refractivity contribution in [1.29, 1.82) is 0 Å². The van der Waals surface area contributed by atoms with Gasteiger partial charge in [0.2, 0.25) is 5.91 Å². The minimum absolute atomic E-state index is 0.0324. The number of carbonyl (C=O) groups is 3. The first-order valence-electron chi connectivity index (χ1n) is 13.4. The van der Waals surface area contributed by atoms with Gasteiger partial charge in [0.05, 0.1) is 6.54 Å². The molecular formula is C28H39N3O5. The lowest BCUT2D eigenvalue weighted by atomic mass is 9.87. The third-order valence-corrected chi connectivity index (χ3v) is 8.10. The number of ether oxygens (including phenoxy) is 1. The van der Waals surface area contributed by atoms with Crippen LogP contribution in [0.5, 0.6) is 0 Å². The highest BCUT2D eigenvalue weighted by atomic mass is 16.5. The summed E-state index contributed by atoms with van der Waals surface area (Å²) >= 11 is 0. The van der Waals surface area contributed by atoms with Crippen molar-refractivity contribution in [2.75, 3.05) is 26.2 Å². The maximum atomic E-state index is 13.6. The molecule has 3 aliphatic heterocycles. The van der Waals surface area contributed by atoms with Gasteiger partial charge in [0.1, 0.15) is 30.9 Å². The van der Waals surface area contributed by atoms with Gasteiger partial charge in [-0.15, -0.1) is 0 Å². The van der Waals surface area contributed by atoms with Crippen LogP contribution in [0.1, 0.15) is 74.7 Å². The van der Waals surface area contributed by atoms with Crippen molar-refractivity contribution in [1.82, 2.24) is 15.1 Å². The quantitative estimate of drug-likeness (QED) is 0.625. The Labute approximate surface area is 213 Å². The molecule has 1 aromatic rings. The number of hydrogen-bond acceptors (Lipinski definition) is 6. The fourth-order valence-electron chi connectivity index (χ4n) is 6.06. The van der Waals surface area contributed by atoms with Gasteiger partial charge in [-0.1, -0.05) is 32.9 Å². The number of β-amino-alcohol motifs (C(OH)–C–C–N with tert-alkyl or cyclic N) is 1. The van der Waals surface area contributed by atoms with Crippen LogP contribution in [0.25, 0.3) is 0 Å². The van der Waals surface area contributed by atoms with E-state index in [9.17, 15) is 19.5 Å². The Balaban J connectivity index is 1.25. The van der Waals surface area contributed by atoms with Crippen molar-refractivity contribution in [2.24, 2.45) is 5.41 Å². The Kier molecular flexibility index (Phi) is 6.96. The van der Waals surface area contributed by atoms with Crippen LogP contribution < -0.4 is 5.32 Å². The molecule has 36 heavy (non-hydrogen) atoms. The highest BCUT2D eigenvalue weighted by molar-refractivity contribution is 5.99. The van der Waals surface area contributed by atoms with Crippen LogP contribution in [-0.2, 0) is 14.3 Å². The first-order valence-corrected chi connectivity index (χ1v) is 13.4. The molecule has 3 heterocycles. The Morgan fingerprint density at radius 3 is 2.39 bits per heavy atom. The second-order valence-corrected chi connectivity index (χ2v) is 12.2. The summed E-state index contributed by atoms with van der Waals surface area (Å²) in [5.41, 5.74) is 1.54. The summed E-state index contributed by atoms with van der Waals surface area (Å²) in [6, 6.07) is 7.02. The van der Waals surface area contributed by atoms with Crippen molar-refractivity contribution in [3.8, 4) is 0 Å². The van der Waals surface area contributed by atoms with Crippen LogP contribution in [0.4, 0.5) is 0 Å². The number of aliphatic hydroxyl groups is 1. The molecule has 0 unspecified atom stereocenters. The Morgan fingerprint density at radius 1 is 1.11 bits per heavy atom. The lowest BCUT2D eigenvalue weighted by Gasteiger charge is -2.32. The molecule has 1 aromatic carbocycles. The average Bonchev–Trinajstić information content (AvgIpc) is 3.55. The summed E-state index contributed by atoms with van der Waals surface area (Å²) in [5, 5.41) is 13.3. The van der Waals surface area contributed by atoms with Crippen molar-refractivity contribution in [2.45, 2.75) is 89.1 Å². The zero-order valence-corrected chi connectivity index (χ0v) is 21.6. The van der Waals surface area contributed by atoms with E-state index in [-0.39, 0.29) is 36.2 Å². The van der Waals surface area contributed by atoms with Gasteiger partial charge in [0.15, 0.2) is 5.78 Å². The third kappa shape index (κ3) is 5.36. The number of benzene rings is 1. The number of nitrogens with one attached hydrogen (secondary N) is 1. The number of ketones is 1. The predicted octanol–water partition coefficient (Wildman–Crippen LogP) is 2.10. The molecular weight excluding hydrogens is 458 g/mol. The van der Waals surface area contributed by atoms with E-state index in [2.05, 4.69) is 10.2 Å². The number of carbonyl (C=O) groups excluding carboxylic acids is 3. The van der Waals surface area contributed by atoms with E-state index in [1.165, 1.54) is 23.3 Å². The highest BCUT2D eigenvalue weighted by Crippen LogP contribution is 2.35. The third-order valence-electron chi connectivity index (χ3n) is 8.10. The number of amides is 2. The summed E-state index contributed by atoms with van der Waals surface area (Å²) in [4.78, 5) is 43.1. The minimum atomic E-state index is -0.903. The van der Waals surface area contributed by atoms with Gasteiger partial charge in [0, 0.05) is 11.6 Å². The standard InChI is InChI=1S/C28H39N3O5/c1-28(2,3)14-21(27(35)31-15-22(32)25-24(31)23(33)16-36-25)29-26(34)19-6-4-17(5-7-19)18-10-12-30(13-11-18)20-8-9-20/h4-7,18,20-22,24-25,32H,8-16H2,1-3H3,(H,29,34)/t21-,22-,24+,25+/m0/s1. The lowest BCUT2D eigenvalue weighted by molar-refractivity contribution is -0.138. The monoisotopic (exact) mass is 497 g/mol. The molecule has 4 atom stereocenters. The Bertz CT molecular complexity index is 991. The van der Waals surface area contributed by atoms with E-state index in [0.29, 0.717) is 17.9 Å². The molecule has 2 amide bonds. The summed E-state index contributed by atoms with van der Waals surface area (Å²) in [6.07, 6.45) is 3.81. The Hall–Kier alpha value is -2.29.